The van der Waals surface area contributed by atoms with Crippen LogP contribution in [0.5, 0.6) is 0 Å². The van der Waals surface area contributed by atoms with Gasteiger partial charge in [0.2, 0.25) is 5.91 Å². The van der Waals surface area contributed by atoms with Crippen LogP contribution in [0.4, 0.5) is 0 Å². The van der Waals surface area contributed by atoms with E-state index in [9.17, 15) is 9.59 Å². The van der Waals surface area contributed by atoms with Crippen LogP contribution in [0.1, 0.15) is 60.5 Å². The summed E-state index contributed by atoms with van der Waals surface area (Å²) in [6.45, 7) is 1.65. The first-order valence-corrected chi connectivity index (χ1v) is 9.92. The standard InChI is InChI=1S/C23H28N2O2/c26-22(25-16-10-2-1-3-11-17-25)18-21(19-12-6-4-7-13-19)24-23(27)20-14-8-5-9-15-20/h4-9,12-15,21H,1-3,10-11,16-18H2,(H,24,27). The first-order valence-electron chi connectivity index (χ1n) is 9.92. The zero-order chi connectivity index (χ0) is 18.9. The number of rotatable bonds is 5. The van der Waals surface area contributed by atoms with Crippen LogP contribution in [0, 0.1) is 0 Å². The van der Waals surface area contributed by atoms with Crippen LogP contribution < -0.4 is 5.32 Å². The number of nitrogens with zero attached hydrogens (tertiary/aromatic N) is 1. The van der Waals surface area contributed by atoms with Gasteiger partial charge in [0, 0.05) is 18.7 Å². The van der Waals surface area contributed by atoms with Crippen molar-refractivity contribution in [3.63, 3.8) is 0 Å². The van der Waals surface area contributed by atoms with E-state index in [1.807, 2.05) is 53.4 Å². The molecule has 0 aliphatic carbocycles. The Hall–Kier alpha value is -2.62. The summed E-state index contributed by atoms with van der Waals surface area (Å²) in [4.78, 5) is 27.6. The number of amides is 2. The molecular weight excluding hydrogens is 336 g/mol. The quantitative estimate of drug-likeness (QED) is 0.858. The molecule has 1 aliphatic rings. The summed E-state index contributed by atoms with van der Waals surface area (Å²) in [6.07, 6.45) is 6.08. The highest BCUT2D eigenvalue weighted by Crippen LogP contribution is 2.20. The van der Waals surface area contributed by atoms with Gasteiger partial charge in [-0.25, -0.2) is 0 Å². The predicted molar refractivity (Wildman–Crippen MR) is 107 cm³/mol. The minimum absolute atomic E-state index is 0.124. The van der Waals surface area contributed by atoms with Crippen molar-refractivity contribution >= 4 is 11.8 Å². The van der Waals surface area contributed by atoms with Gasteiger partial charge < -0.3 is 10.2 Å². The van der Waals surface area contributed by atoms with E-state index < -0.39 is 0 Å². The van der Waals surface area contributed by atoms with Gasteiger partial charge in [-0.15, -0.1) is 0 Å². The molecule has 1 unspecified atom stereocenters. The van der Waals surface area contributed by atoms with E-state index in [0.29, 0.717) is 12.0 Å². The van der Waals surface area contributed by atoms with Crippen LogP contribution in [0.3, 0.4) is 0 Å². The molecule has 0 saturated carbocycles. The predicted octanol–water partition coefficient (Wildman–Crippen LogP) is 4.34. The number of carbonyl (C=O) groups is 2. The Balaban J connectivity index is 1.72. The molecule has 4 heteroatoms. The van der Waals surface area contributed by atoms with Crippen LogP contribution in [-0.2, 0) is 4.79 Å². The second kappa shape index (κ2) is 9.91. The smallest absolute Gasteiger partial charge is 0.251 e. The number of hydrogen-bond acceptors (Lipinski definition) is 2. The van der Waals surface area contributed by atoms with E-state index >= 15 is 0 Å². The lowest BCUT2D eigenvalue weighted by molar-refractivity contribution is -0.132. The third-order valence-corrected chi connectivity index (χ3v) is 5.13. The van der Waals surface area contributed by atoms with Gasteiger partial charge in [-0.1, -0.05) is 67.8 Å². The SMILES string of the molecule is O=C(NC(CC(=O)N1CCCCCCC1)c1ccccc1)c1ccccc1. The summed E-state index contributed by atoms with van der Waals surface area (Å²) in [6, 6.07) is 18.6. The van der Waals surface area contributed by atoms with Crippen molar-refractivity contribution in [2.45, 2.75) is 44.6 Å². The fraction of sp³-hybridized carbons (Fsp3) is 0.391. The van der Waals surface area contributed by atoms with E-state index in [4.69, 9.17) is 0 Å². The Kier molecular flexibility index (Phi) is 7.03. The molecule has 2 aromatic carbocycles. The third kappa shape index (κ3) is 5.68. The maximum atomic E-state index is 12.9. The highest BCUT2D eigenvalue weighted by Gasteiger charge is 2.23. The van der Waals surface area contributed by atoms with Gasteiger partial charge in [0.05, 0.1) is 12.5 Å². The molecule has 2 amide bonds. The minimum atomic E-state index is -0.322. The van der Waals surface area contributed by atoms with Gasteiger partial charge in [0.1, 0.15) is 0 Å². The Bertz CT molecular complexity index is 723. The molecule has 1 saturated heterocycles. The molecule has 1 atom stereocenters. The van der Waals surface area contributed by atoms with Gasteiger partial charge in [-0.05, 0) is 30.5 Å². The fourth-order valence-corrected chi connectivity index (χ4v) is 3.57. The zero-order valence-electron chi connectivity index (χ0n) is 15.8. The summed E-state index contributed by atoms with van der Waals surface area (Å²) in [7, 11) is 0. The highest BCUT2D eigenvalue weighted by atomic mass is 16.2. The molecular formula is C23H28N2O2. The summed E-state index contributed by atoms with van der Waals surface area (Å²) < 4.78 is 0. The molecule has 142 valence electrons. The molecule has 1 aliphatic heterocycles. The highest BCUT2D eigenvalue weighted by molar-refractivity contribution is 5.94. The van der Waals surface area contributed by atoms with Crippen molar-refractivity contribution in [2.24, 2.45) is 0 Å². The number of nitrogens with one attached hydrogen (secondary N) is 1. The van der Waals surface area contributed by atoms with Gasteiger partial charge in [-0.3, -0.25) is 9.59 Å². The minimum Gasteiger partial charge on any atom is -0.345 e. The summed E-state index contributed by atoms with van der Waals surface area (Å²) in [5.74, 6) is -0.0240. The van der Waals surface area contributed by atoms with Gasteiger partial charge in [0.15, 0.2) is 0 Å². The first kappa shape index (κ1) is 19.2. The molecule has 4 nitrogen and oxygen atoms in total. The normalized spacial score (nSPS) is 16.1. The van der Waals surface area contributed by atoms with E-state index in [1.54, 1.807) is 12.1 Å². The van der Waals surface area contributed by atoms with E-state index in [0.717, 1.165) is 31.5 Å². The van der Waals surface area contributed by atoms with E-state index in [-0.39, 0.29) is 17.9 Å². The molecule has 1 N–H and O–H groups in total. The number of likely N-dealkylation sites (tertiary alicyclic amines) is 1. The first-order chi connectivity index (χ1) is 13.2. The zero-order valence-corrected chi connectivity index (χ0v) is 15.8. The largest absolute Gasteiger partial charge is 0.345 e. The Labute approximate surface area is 161 Å². The van der Waals surface area contributed by atoms with Crippen LogP contribution in [0.25, 0.3) is 0 Å². The summed E-state index contributed by atoms with van der Waals surface area (Å²) in [5, 5.41) is 3.06. The average molecular weight is 364 g/mol. The lowest BCUT2D eigenvalue weighted by atomic mass is 10.0. The van der Waals surface area contributed by atoms with Crippen LogP contribution >= 0.6 is 0 Å². The second-order valence-electron chi connectivity index (χ2n) is 7.16. The average Bonchev–Trinajstić information content (AvgIpc) is 2.68. The van der Waals surface area contributed by atoms with Crippen molar-refractivity contribution in [3.8, 4) is 0 Å². The van der Waals surface area contributed by atoms with E-state index in [1.165, 1.54) is 19.3 Å². The number of carbonyl (C=O) groups excluding carboxylic acids is 2. The molecule has 0 radical (unpaired) electrons. The number of hydrogen-bond donors (Lipinski definition) is 1. The van der Waals surface area contributed by atoms with Crippen molar-refractivity contribution in [2.75, 3.05) is 13.1 Å². The lowest BCUT2D eigenvalue weighted by Gasteiger charge is -2.27. The molecule has 1 heterocycles. The second-order valence-corrected chi connectivity index (χ2v) is 7.16. The van der Waals surface area contributed by atoms with Gasteiger partial charge in [0.25, 0.3) is 5.91 Å². The Morgan fingerprint density at radius 1 is 0.815 bits per heavy atom. The lowest BCUT2D eigenvalue weighted by Crippen LogP contribution is -2.38. The molecule has 2 aromatic rings. The fourth-order valence-electron chi connectivity index (χ4n) is 3.57. The monoisotopic (exact) mass is 364 g/mol. The van der Waals surface area contributed by atoms with Crippen molar-refractivity contribution in [3.05, 3.63) is 71.8 Å². The van der Waals surface area contributed by atoms with Crippen LogP contribution in [0.15, 0.2) is 60.7 Å². The van der Waals surface area contributed by atoms with Crippen molar-refractivity contribution in [1.29, 1.82) is 0 Å². The van der Waals surface area contributed by atoms with Gasteiger partial charge >= 0.3 is 0 Å². The van der Waals surface area contributed by atoms with Gasteiger partial charge in [-0.2, -0.15) is 0 Å². The van der Waals surface area contributed by atoms with Crippen molar-refractivity contribution in [1.82, 2.24) is 10.2 Å². The maximum Gasteiger partial charge on any atom is 0.251 e. The Morgan fingerprint density at radius 2 is 1.37 bits per heavy atom. The van der Waals surface area contributed by atoms with E-state index in [2.05, 4.69) is 5.32 Å². The molecule has 0 aromatic heterocycles. The topological polar surface area (TPSA) is 49.4 Å². The third-order valence-electron chi connectivity index (χ3n) is 5.13. The summed E-state index contributed by atoms with van der Waals surface area (Å²) >= 11 is 0. The molecule has 0 bridgehead atoms. The molecule has 27 heavy (non-hydrogen) atoms. The number of benzene rings is 2. The maximum absolute atomic E-state index is 12.9. The van der Waals surface area contributed by atoms with Crippen LogP contribution in [0.2, 0.25) is 0 Å². The molecule has 0 spiro atoms. The molecule has 1 fully saturated rings. The molecule has 3 rings (SSSR count). The van der Waals surface area contributed by atoms with Crippen molar-refractivity contribution < 1.29 is 9.59 Å². The summed E-state index contributed by atoms with van der Waals surface area (Å²) in [5.41, 5.74) is 1.57. The van der Waals surface area contributed by atoms with Crippen LogP contribution in [-0.4, -0.2) is 29.8 Å². The Morgan fingerprint density at radius 3 is 2.00 bits per heavy atom.